The zero-order valence-electron chi connectivity index (χ0n) is 20.1. The van der Waals surface area contributed by atoms with E-state index in [0.29, 0.717) is 78.5 Å². The minimum Gasteiger partial charge on any atom is -0.497 e. The number of halogens is 1. The van der Waals surface area contributed by atoms with Crippen LogP contribution in [0.2, 0.25) is 5.02 Å². The highest BCUT2D eigenvalue weighted by atomic mass is 35.5. The second kappa shape index (κ2) is 11.8. The van der Waals surface area contributed by atoms with E-state index in [9.17, 15) is 9.59 Å². The Morgan fingerprint density at radius 3 is 1.82 bits per heavy atom. The van der Waals surface area contributed by atoms with Gasteiger partial charge < -0.3 is 28.7 Å². The van der Waals surface area contributed by atoms with Crippen molar-refractivity contribution in [3.05, 3.63) is 46.5 Å². The topological polar surface area (TPSA) is 77.5 Å². The molecule has 1 aliphatic heterocycles. The molecule has 0 atom stereocenters. The highest BCUT2D eigenvalue weighted by Gasteiger charge is 2.27. The molecule has 3 rings (SSSR count). The lowest BCUT2D eigenvalue weighted by Crippen LogP contribution is -2.50. The van der Waals surface area contributed by atoms with Crippen LogP contribution in [0, 0.1) is 0 Å². The summed E-state index contributed by atoms with van der Waals surface area (Å²) >= 11 is 6.42. The summed E-state index contributed by atoms with van der Waals surface area (Å²) < 4.78 is 21.9. The maximum absolute atomic E-state index is 13.2. The monoisotopic (exact) mass is 490 g/mol. The average Bonchev–Trinajstić information content (AvgIpc) is 2.87. The van der Waals surface area contributed by atoms with Gasteiger partial charge >= 0.3 is 0 Å². The zero-order valence-corrected chi connectivity index (χ0v) is 20.8. The molecule has 2 amide bonds. The van der Waals surface area contributed by atoms with Gasteiger partial charge in [-0.2, -0.15) is 0 Å². The molecule has 2 aromatic carbocycles. The molecule has 34 heavy (non-hydrogen) atoms. The largest absolute Gasteiger partial charge is 0.497 e. The maximum atomic E-state index is 13.2. The molecule has 0 radical (unpaired) electrons. The third kappa shape index (κ3) is 5.86. The van der Waals surface area contributed by atoms with Crippen LogP contribution in [-0.2, 0) is 0 Å². The lowest BCUT2D eigenvalue weighted by molar-refractivity contribution is 0.0535. The summed E-state index contributed by atoms with van der Waals surface area (Å²) in [5.74, 6) is 1.69. The lowest BCUT2D eigenvalue weighted by atomic mass is 10.1. The smallest absolute Gasteiger partial charge is 0.254 e. The Hall–Kier alpha value is -3.13. The Morgan fingerprint density at radius 2 is 1.35 bits per heavy atom. The zero-order chi connectivity index (χ0) is 24.7. The van der Waals surface area contributed by atoms with E-state index in [1.54, 1.807) is 54.4 Å². The predicted octanol–water partition coefficient (Wildman–Crippen LogP) is 4.14. The summed E-state index contributed by atoms with van der Waals surface area (Å²) in [6.45, 7) is 6.42. The standard InChI is InChI=1S/C25H31ClN2O6/c1-5-11-34-23-21(26)14-18(15-22(23)33-6-2)25(30)28-9-7-27(8-10-28)24(29)17-12-19(31-3)16-20(13-17)32-4/h12-16H,5-11H2,1-4H3. The van der Waals surface area contributed by atoms with Gasteiger partial charge in [-0.25, -0.2) is 0 Å². The number of benzene rings is 2. The SMILES string of the molecule is CCCOc1c(Cl)cc(C(=O)N2CCN(C(=O)c3cc(OC)cc(OC)c3)CC2)cc1OCC. The van der Waals surface area contributed by atoms with E-state index in [1.165, 1.54) is 0 Å². The summed E-state index contributed by atoms with van der Waals surface area (Å²) in [5.41, 5.74) is 0.904. The molecular formula is C25H31ClN2O6. The van der Waals surface area contributed by atoms with Gasteiger partial charge in [0.05, 0.1) is 32.5 Å². The fourth-order valence-corrected chi connectivity index (χ4v) is 3.97. The Labute approximate surface area is 205 Å². The molecule has 1 saturated heterocycles. The molecular weight excluding hydrogens is 460 g/mol. The number of methoxy groups -OCH3 is 2. The van der Waals surface area contributed by atoms with E-state index in [-0.39, 0.29) is 11.8 Å². The highest BCUT2D eigenvalue weighted by molar-refractivity contribution is 6.32. The summed E-state index contributed by atoms with van der Waals surface area (Å²) in [6, 6.07) is 8.36. The van der Waals surface area contributed by atoms with Crippen molar-refractivity contribution in [2.24, 2.45) is 0 Å². The van der Waals surface area contributed by atoms with Crippen molar-refractivity contribution in [2.45, 2.75) is 20.3 Å². The first-order valence-corrected chi connectivity index (χ1v) is 11.7. The normalized spacial score (nSPS) is 13.4. The van der Waals surface area contributed by atoms with Crippen molar-refractivity contribution in [1.29, 1.82) is 0 Å². The Kier molecular flexibility index (Phi) is 8.87. The molecule has 0 saturated carbocycles. The lowest BCUT2D eigenvalue weighted by Gasteiger charge is -2.35. The summed E-state index contributed by atoms with van der Waals surface area (Å²) in [5, 5.41) is 0.337. The molecule has 9 heteroatoms. The third-order valence-electron chi connectivity index (χ3n) is 5.46. The Morgan fingerprint density at radius 1 is 0.824 bits per heavy atom. The number of carbonyl (C=O) groups excluding carboxylic acids is 2. The number of carbonyl (C=O) groups is 2. The number of piperazine rings is 1. The summed E-state index contributed by atoms with van der Waals surface area (Å²) in [6.07, 6.45) is 0.827. The van der Waals surface area contributed by atoms with Crippen molar-refractivity contribution in [1.82, 2.24) is 9.80 Å². The van der Waals surface area contributed by atoms with Crippen LogP contribution >= 0.6 is 11.6 Å². The summed E-state index contributed by atoms with van der Waals surface area (Å²) in [7, 11) is 3.08. The number of ether oxygens (including phenoxy) is 4. The van der Waals surface area contributed by atoms with Gasteiger partial charge in [0.25, 0.3) is 11.8 Å². The Bertz CT molecular complexity index is 998. The minimum atomic E-state index is -0.167. The number of amides is 2. The van der Waals surface area contributed by atoms with Crippen molar-refractivity contribution >= 4 is 23.4 Å². The van der Waals surface area contributed by atoms with Crippen LogP contribution in [0.3, 0.4) is 0 Å². The van der Waals surface area contributed by atoms with E-state index < -0.39 is 0 Å². The van der Waals surface area contributed by atoms with Gasteiger partial charge in [-0.05, 0) is 37.6 Å². The molecule has 0 unspecified atom stereocenters. The maximum Gasteiger partial charge on any atom is 0.254 e. The average molecular weight is 491 g/mol. The van der Waals surface area contributed by atoms with Gasteiger partial charge in [0.1, 0.15) is 11.5 Å². The van der Waals surface area contributed by atoms with Crippen LogP contribution in [-0.4, -0.2) is 75.2 Å². The first-order chi connectivity index (χ1) is 16.4. The first-order valence-electron chi connectivity index (χ1n) is 11.3. The molecule has 0 aliphatic carbocycles. The van der Waals surface area contributed by atoms with Crippen molar-refractivity contribution in [3.8, 4) is 23.0 Å². The molecule has 1 heterocycles. The van der Waals surface area contributed by atoms with E-state index in [2.05, 4.69) is 0 Å². The van der Waals surface area contributed by atoms with Gasteiger partial charge in [0, 0.05) is 43.4 Å². The quantitative estimate of drug-likeness (QED) is 0.525. The highest BCUT2D eigenvalue weighted by Crippen LogP contribution is 2.37. The van der Waals surface area contributed by atoms with Crippen LogP contribution in [0.5, 0.6) is 23.0 Å². The molecule has 0 spiro atoms. The number of nitrogens with zero attached hydrogens (tertiary/aromatic N) is 2. The van der Waals surface area contributed by atoms with Crippen molar-refractivity contribution in [2.75, 3.05) is 53.6 Å². The molecule has 1 fully saturated rings. The van der Waals surface area contributed by atoms with Gasteiger partial charge in [-0.1, -0.05) is 18.5 Å². The van der Waals surface area contributed by atoms with Crippen molar-refractivity contribution < 1.29 is 28.5 Å². The molecule has 0 bridgehead atoms. The second-order valence-electron chi connectivity index (χ2n) is 7.75. The number of rotatable bonds is 9. The fourth-order valence-electron chi connectivity index (χ4n) is 3.71. The van der Waals surface area contributed by atoms with Crippen LogP contribution in [0.25, 0.3) is 0 Å². The minimum absolute atomic E-state index is 0.136. The molecule has 0 N–H and O–H groups in total. The van der Waals surface area contributed by atoms with Gasteiger partial charge in [0.15, 0.2) is 11.5 Å². The summed E-state index contributed by atoms with van der Waals surface area (Å²) in [4.78, 5) is 29.6. The fraction of sp³-hybridized carbons (Fsp3) is 0.440. The molecule has 8 nitrogen and oxygen atoms in total. The number of hydrogen-bond donors (Lipinski definition) is 0. The molecule has 184 valence electrons. The van der Waals surface area contributed by atoms with E-state index in [4.69, 9.17) is 30.5 Å². The van der Waals surface area contributed by atoms with Gasteiger partial charge in [-0.15, -0.1) is 0 Å². The Balaban J connectivity index is 1.70. The van der Waals surface area contributed by atoms with Gasteiger partial charge in [-0.3, -0.25) is 9.59 Å². The van der Waals surface area contributed by atoms with Gasteiger partial charge in [0.2, 0.25) is 0 Å². The van der Waals surface area contributed by atoms with Crippen LogP contribution in [0.4, 0.5) is 0 Å². The van der Waals surface area contributed by atoms with Crippen LogP contribution < -0.4 is 18.9 Å². The molecule has 2 aromatic rings. The predicted molar refractivity (Wildman–Crippen MR) is 130 cm³/mol. The molecule has 1 aliphatic rings. The first kappa shape index (κ1) is 25.5. The second-order valence-corrected chi connectivity index (χ2v) is 8.16. The van der Waals surface area contributed by atoms with Crippen molar-refractivity contribution in [3.63, 3.8) is 0 Å². The number of hydrogen-bond acceptors (Lipinski definition) is 6. The van der Waals surface area contributed by atoms with Crippen LogP contribution in [0.1, 0.15) is 41.0 Å². The third-order valence-corrected chi connectivity index (χ3v) is 5.74. The van der Waals surface area contributed by atoms with Crippen LogP contribution in [0.15, 0.2) is 30.3 Å². The van der Waals surface area contributed by atoms with E-state index in [1.807, 2.05) is 13.8 Å². The van der Waals surface area contributed by atoms with E-state index in [0.717, 1.165) is 6.42 Å². The molecule has 0 aromatic heterocycles. The van der Waals surface area contributed by atoms with E-state index >= 15 is 0 Å².